The van der Waals surface area contributed by atoms with Crippen LogP contribution in [0.2, 0.25) is 0 Å². The molecule has 2 aromatic carbocycles. The van der Waals surface area contributed by atoms with Gasteiger partial charge in [0, 0.05) is 38.4 Å². The van der Waals surface area contributed by atoms with Crippen molar-refractivity contribution in [1.29, 1.82) is 0 Å². The van der Waals surface area contributed by atoms with Crippen molar-refractivity contribution in [3.63, 3.8) is 0 Å². The van der Waals surface area contributed by atoms with Gasteiger partial charge in [0.2, 0.25) is 17.8 Å². The summed E-state index contributed by atoms with van der Waals surface area (Å²) in [5.41, 5.74) is 1.61. The van der Waals surface area contributed by atoms with Gasteiger partial charge in [-0.05, 0) is 23.8 Å². The first kappa shape index (κ1) is 20.0. The molecular formula is C22H24FN5O2. The van der Waals surface area contributed by atoms with E-state index in [2.05, 4.69) is 32.7 Å². The van der Waals surface area contributed by atoms with E-state index in [1.807, 2.05) is 23.1 Å². The van der Waals surface area contributed by atoms with Crippen molar-refractivity contribution in [3.05, 3.63) is 66.0 Å². The molecule has 0 bridgehead atoms. The molecule has 4 rings (SSSR count). The maximum Gasteiger partial charge on any atom is 0.249 e. The third kappa shape index (κ3) is 5.01. The zero-order valence-electron chi connectivity index (χ0n) is 16.6. The van der Waals surface area contributed by atoms with Gasteiger partial charge in [-0.2, -0.15) is 0 Å². The number of hydrogen-bond acceptors (Lipinski definition) is 5. The number of rotatable bonds is 4. The molecule has 0 aliphatic carbocycles. The largest absolute Gasteiger partial charge is 0.340 e. The highest BCUT2D eigenvalue weighted by Gasteiger charge is 2.30. The molecule has 2 N–H and O–H groups in total. The number of guanidine groups is 1. The van der Waals surface area contributed by atoms with Gasteiger partial charge in [-0.25, -0.2) is 9.38 Å². The Morgan fingerprint density at radius 3 is 2.60 bits per heavy atom. The van der Waals surface area contributed by atoms with Gasteiger partial charge in [-0.15, -0.1) is 0 Å². The zero-order valence-corrected chi connectivity index (χ0v) is 16.6. The summed E-state index contributed by atoms with van der Waals surface area (Å²) in [5.74, 6) is -0.668. The van der Waals surface area contributed by atoms with Crippen LogP contribution >= 0.6 is 0 Å². The van der Waals surface area contributed by atoms with Crippen molar-refractivity contribution in [2.45, 2.75) is 19.0 Å². The summed E-state index contributed by atoms with van der Waals surface area (Å²) in [6, 6.07) is 15.1. The van der Waals surface area contributed by atoms with Crippen molar-refractivity contribution < 1.29 is 14.0 Å². The summed E-state index contributed by atoms with van der Waals surface area (Å²) in [4.78, 5) is 33.6. The number of aliphatic imine (C=N–C) groups is 1. The fourth-order valence-corrected chi connectivity index (χ4v) is 3.64. The molecule has 2 aliphatic rings. The highest BCUT2D eigenvalue weighted by Crippen LogP contribution is 2.15. The molecule has 0 saturated carbocycles. The van der Waals surface area contributed by atoms with E-state index < -0.39 is 17.8 Å². The van der Waals surface area contributed by atoms with E-state index in [0.29, 0.717) is 24.7 Å². The average Bonchev–Trinajstić information content (AvgIpc) is 2.74. The number of carbonyl (C=O) groups is 2. The summed E-state index contributed by atoms with van der Waals surface area (Å²) in [7, 11) is 0. The second-order valence-electron chi connectivity index (χ2n) is 7.47. The van der Waals surface area contributed by atoms with E-state index in [4.69, 9.17) is 0 Å². The first-order valence-electron chi connectivity index (χ1n) is 10.0. The van der Waals surface area contributed by atoms with Crippen LogP contribution in [0.3, 0.4) is 0 Å². The van der Waals surface area contributed by atoms with Crippen LogP contribution < -0.4 is 10.6 Å². The molecule has 8 heteroatoms. The Hall–Kier alpha value is -3.26. The van der Waals surface area contributed by atoms with Crippen LogP contribution in [0.25, 0.3) is 0 Å². The maximum absolute atomic E-state index is 13.3. The van der Waals surface area contributed by atoms with Gasteiger partial charge in [0.25, 0.3) is 0 Å². The van der Waals surface area contributed by atoms with E-state index in [1.165, 1.54) is 23.8 Å². The Kier molecular flexibility index (Phi) is 6.04. The van der Waals surface area contributed by atoms with Gasteiger partial charge >= 0.3 is 0 Å². The summed E-state index contributed by atoms with van der Waals surface area (Å²) < 4.78 is 13.3. The van der Waals surface area contributed by atoms with Crippen molar-refractivity contribution in [2.24, 2.45) is 4.99 Å². The van der Waals surface area contributed by atoms with Gasteiger partial charge < -0.3 is 10.2 Å². The first-order chi connectivity index (χ1) is 14.6. The van der Waals surface area contributed by atoms with E-state index in [1.54, 1.807) is 6.07 Å². The Labute approximate surface area is 174 Å². The molecule has 1 unspecified atom stereocenters. The van der Waals surface area contributed by atoms with E-state index in [0.717, 1.165) is 19.6 Å². The Bertz CT molecular complexity index is 942. The third-order valence-corrected chi connectivity index (χ3v) is 5.22. The van der Waals surface area contributed by atoms with Gasteiger partial charge in [-0.3, -0.25) is 19.8 Å². The summed E-state index contributed by atoms with van der Waals surface area (Å²) >= 11 is 0. The monoisotopic (exact) mass is 409 g/mol. The second kappa shape index (κ2) is 9.04. The molecule has 30 heavy (non-hydrogen) atoms. The van der Waals surface area contributed by atoms with Crippen molar-refractivity contribution in [3.8, 4) is 0 Å². The molecule has 7 nitrogen and oxygen atoms in total. The number of piperazine rings is 1. The summed E-state index contributed by atoms with van der Waals surface area (Å²) in [6.07, 6.45) is -0.0291. The molecule has 156 valence electrons. The number of anilines is 1. The lowest BCUT2D eigenvalue weighted by molar-refractivity contribution is -0.125. The van der Waals surface area contributed by atoms with Crippen LogP contribution in [-0.2, 0) is 16.1 Å². The van der Waals surface area contributed by atoms with E-state index in [-0.39, 0.29) is 12.3 Å². The number of nitrogens with one attached hydrogen (secondary N) is 2. The van der Waals surface area contributed by atoms with Gasteiger partial charge in [0.15, 0.2) is 0 Å². The zero-order chi connectivity index (χ0) is 20.9. The molecule has 2 aliphatic heterocycles. The summed E-state index contributed by atoms with van der Waals surface area (Å²) in [5, 5.41) is 5.43. The topological polar surface area (TPSA) is 77.0 Å². The lowest BCUT2D eigenvalue weighted by Gasteiger charge is -2.37. The van der Waals surface area contributed by atoms with Crippen LogP contribution in [-0.4, -0.2) is 59.8 Å². The number of hydrogen-bond donors (Lipinski definition) is 2. The minimum atomic E-state index is -0.834. The number of benzene rings is 2. The molecule has 0 aromatic heterocycles. The Morgan fingerprint density at radius 2 is 1.87 bits per heavy atom. The standard InChI is InChI=1S/C22H24FN5O2/c23-17-7-4-8-18(13-17)24-21(30)19-14-20(29)26-22(25-19)28-11-9-27(10-12-28)15-16-5-2-1-3-6-16/h1-8,13,19H,9-12,14-15H2,(H,24,30)(H,25,26,29). The van der Waals surface area contributed by atoms with E-state index >= 15 is 0 Å². The molecule has 0 spiro atoms. The summed E-state index contributed by atoms with van der Waals surface area (Å²) in [6.45, 7) is 3.98. The highest BCUT2D eigenvalue weighted by atomic mass is 19.1. The fourth-order valence-electron chi connectivity index (χ4n) is 3.64. The molecule has 1 fully saturated rings. The molecule has 2 heterocycles. The average molecular weight is 409 g/mol. The minimum absolute atomic E-state index is 0.0291. The smallest absolute Gasteiger partial charge is 0.249 e. The SMILES string of the molecule is O=C1CC(C(=O)Nc2cccc(F)c2)N=C(N2CCN(Cc3ccccc3)CC2)N1. The number of amides is 2. The number of carbonyl (C=O) groups excluding carboxylic acids is 2. The van der Waals surface area contributed by atoms with E-state index in [9.17, 15) is 14.0 Å². The van der Waals surface area contributed by atoms with Crippen LogP contribution in [0.15, 0.2) is 59.6 Å². The highest BCUT2D eigenvalue weighted by molar-refractivity contribution is 6.05. The predicted molar refractivity (Wildman–Crippen MR) is 112 cm³/mol. The molecule has 1 saturated heterocycles. The quantitative estimate of drug-likeness (QED) is 0.808. The lowest BCUT2D eigenvalue weighted by Crippen LogP contribution is -2.56. The Balaban J connectivity index is 1.37. The van der Waals surface area contributed by atoms with Crippen LogP contribution in [0.4, 0.5) is 10.1 Å². The van der Waals surface area contributed by atoms with Crippen molar-refractivity contribution in [2.75, 3.05) is 31.5 Å². The van der Waals surface area contributed by atoms with Gasteiger partial charge in [-0.1, -0.05) is 36.4 Å². The van der Waals surface area contributed by atoms with Crippen LogP contribution in [0.1, 0.15) is 12.0 Å². The fraction of sp³-hybridized carbons (Fsp3) is 0.318. The number of nitrogens with zero attached hydrogens (tertiary/aromatic N) is 3. The lowest BCUT2D eigenvalue weighted by atomic mass is 10.1. The molecule has 2 aromatic rings. The number of halogens is 1. The normalized spacial score (nSPS) is 19.8. The third-order valence-electron chi connectivity index (χ3n) is 5.22. The minimum Gasteiger partial charge on any atom is -0.340 e. The molecule has 2 amide bonds. The first-order valence-corrected chi connectivity index (χ1v) is 10.0. The maximum atomic E-state index is 13.3. The van der Waals surface area contributed by atoms with Crippen LogP contribution in [0.5, 0.6) is 0 Å². The second-order valence-corrected chi connectivity index (χ2v) is 7.47. The predicted octanol–water partition coefficient (Wildman–Crippen LogP) is 1.83. The van der Waals surface area contributed by atoms with Crippen molar-refractivity contribution >= 4 is 23.5 Å². The van der Waals surface area contributed by atoms with Gasteiger partial charge in [0.1, 0.15) is 11.9 Å². The Morgan fingerprint density at radius 1 is 1.10 bits per heavy atom. The van der Waals surface area contributed by atoms with Gasteiger partial charge in [0.05, 0.1) is 6.42 Å². The molecule has 1 atom stereocenters. The van der Waals surface area contributed by atoms with Crippen LogP contribution in [0, 0.1) is 5.82 Å². The molecular weight excluding hydrogens is 385 g/mol. The molecule has 0 radical (unpaired) electrons. The van der Waals surface area contributed by atoms with Crippen molar-refractivity contribution in [1.82, 2.24) is 15.1 Å².